The van der Waals surface area contributed by atoms with E-state index in [1.807, 2.05) is 4.90 Å². The molecule has 3 heterocycles. The maximum atomic E-state index is 14.8. The van der Waals surface area contributed by atoms with Gasteiger partial charge in [0.15, 0.2) is 0 Å². The number of thioether (sulfide) groups is 1. The molecule has 0 unspecified atom stereocenters. The first-order chi connectivity index (χ1) is 17.9. The van der Waals surface area contributed by atoms with Crippen LogP contribution in [0.2, 0.25) is 0 Å². The quantitative estimate of drug-likeness (QED) is 0.281. The maximum Gasteiger partial charge on any atom is 0.323 e. The Kier molecular flexibility index (Phi) is 7.31. The highest BCUT2D eigenvalue weighted by molar-refractivity contribution is 8.18. The van der Waals surface area contributed by atoms with E-state index in [0.29, 0.717) is 47.7 Å². The Labute approximate surface area is 215 Å². The van der Waals surface area contributed by atoms with Crippen molar-refractivity contribution in [3.05, 3.63) is 63.2 Å². The zero-order valence-corrected chi connectivity index (χ0v) is 20.6. The number of fused-ring (bicyclic) bond motifs is 1. The molecule has 1 atom stereocenters. The van der Waals surface area contributed by atoms with E-state index in [-0.39, 0.29) is 29.1 Å². The van der Waals surface area contributed by atoms with Gasteiger partial charge in [-0.05, 0) is 60.5 Å². The number of nitrogens with zero attached hydrogens (tertiary/aromatic N) is 1. The van der Waals surface area contributed by atoms with Crippen molar-refractivity contribution in [2.45, 2.75) is 25.0 Å². The first-order valence-electron chi connectivity index (χ1n) is 11.9. The van der Waals surface area contributed by atoms with Gasteiger partial charge in [-0.25, -0.2) is 9.18 Å². The Hall–Kier alpha value is -3.61. The average Bonchev–Trinajstić information content (AvgIpc) is 3.41. The molecule has 2 saturated heterocycles. The lowest BCUT2D eigenvalue weighted by Crippen LogP contribution is -2.45. The number of rotatable bonds is 8. The van der Waals surface area contributed by atoms with Crippen LogP contribution in [-0.2, 0) is 4.79 Å². The molecular weight excluding hydrogens is 501 g/mol. The zero-order chi connectivity index (χ0) is 25.9. The van der Waals surface area contributed by atoms with E-state index < -0.39 is 17.3 Å². The van der Waals surface area contributed by atoms with Crippen molar-refractivity contribution in [3.63, 3.8) is 0 Å². The molecule has 2 aromatic carbocycles. The molecule has 0 saturated carbocycles. The lowest BCUT2D eigenvalue weighted by molar-refractivity contribution is -0.115. The molecule has 2 fully saturated rings. The number of carbonyl (C=O) groups excluding carboxylic acids is 2. The number of imidazole rings is 1. The van der Waals surface area contributed by atoms with Crippen LogP contribution in [0.5, 0.6) is 5.75 Å². The summed E-state index contributed by atoms with van der Waals surface area (Å²) in [4.78, 5) is 42.1. The number of carbonyl (C=O) groups is 2. The molecule has 37 heavy (non-hydrogen) atoms. The van der Waals surface area contributed by atoms with Gasteiger partial charge >= 0.3 is 5.69 Å². The van der Waals surface area contributed by atoms with Crippen molar-refractivity contribution in [1.82, 2.24) is 20.6 Å². The number of anilines is 1. The SMILES string of the molecule is O=C1NC(=O)/C(=C/c2ccc(N3CCC(NC[C@H](O)COc4cccc5[nH]c(=O)[nH]c45)CC3)c(F)c2)S1. The Morgan fingerprint density at radius 1 is 1.19 bits per heavy atom. The monoisotopic (exact) mass is 527 g/mol. The second-order valence-corrected chi connectivity index (χ2v) is 9.97. The highest BCUT2D eigenvalue weighted by Crippen LogP contribution is 2.29. The second kappa shape index (κ2) is 10.8. The van der Waals surface area contributed by atoms with E-state index in [1.54, 1.807) is 30.3 Å². The summed E-state index contributed by atoms with van der Waals surface area (Å²) in [6, 6.07) is 10.2. The van der Waals surface area contributed by atoms with Crippen LogP contribution in [-0.4, -0.2) is 64.6 Å². The highest BCUT2D eigenvalue weighted by atomic mass is 32.2. The van der Waals surface area contributed by atoms with Crippen molar-refractivity contribution < 1.29 is 23.8 Å². The fourth-order valence-electron chi connectivity index (χ4n) is 4.47. The number of nitrogens with one attached hydrogen (secondary N) is 4. The maximum absolute atomic E-state index is 14.8. The highest BCUT2D eigenvalue weighted by Gasteiger charge is 2.26. The molecule has 0 bridgehead atoms. The molecular formula is C25H26FN5O5S. The smallest absolute Gasteiger partial charge is 0.323 e. The van der Waals surface area contributed by atoms with E-state index in [4.69, 9.17) is 4.74 Å². The topological polar surface area (TPSA) is 140 Å². The average molecular weight is 528 g/mol. The molecule has 0 spiro atoms. The number of hydrogen-bond donors (Lipinski definition) is 5. The minimum absolute atomic E-state index is 0.0697. The molecule has 12 heteroatoms. The minimum Gasteiger partial charge on any atom is -0.489 e. The van der Waals surface area contributed by atoms with Crippen LogP contribution >= 0.6 is 11.8 Å². The summed E-state index contributed by atoms with van der Waals surface area (Å²) in [5.41, 5.74) is 1.89. The van der Waals surface area contributed by atoms with Crippen LogP contribution in [0.4, 0.5) is 14.9 Å². The van der Waals surface area contributed by atoms with Crippen LogP contribution in [0, 0.1) is 5.82 Å². The summed E-state index contributed by atoms with van der Waals surface area (Å²) in [6.07, 6.45) is 2.32. The number of aliphatic hydroxyl groups is 1. The molecule has 2 amide bonds. The fraction of sp³-hybridized carbons (Fsp3) is 0.320. The van der Waals surface area contributed by atoms with Gasteiger partial charge in [0, 0.05) is 25.7 Å². The first kappa shape index (κ1) is 25.1. The van der Waals surface area contributed by atoms with Crippen molar-refractivity contribution >= 4 is 45.7 Å². The van der Waals surface area contributed by atoms with E-state index in [9.17, 15) is 23.9 Å². The lowest BCUT2D eigenvalue weighted by Gasteiger charge is -2.34. The number of ether oxygens (including phenoxy) is 1. The molecule has 0 radical (unpaired) electrons. The predicted octanol–water partition coefficient (Wildman–Crippen LogP) is 2.32. The van der Waals surface area contributed by atoms with Crippen molar-refractivity contribution in [2.75, 3.05) is 31.1 Å². The summed E-state index contributed by atoms with van der Waals surface area (Å²) in [6.45, 7) is 1.71. The third-order valence-electron chi connectivity index (χ3n) is 6.33. The van der Waals surface area contributed by atoms with Crippen molar-refractivity contribution in [1.29, 1.82) is 0 Å². The number of hydrogen-bond acceptors (Lipinski definition) is 8. The number of aliphatic hydroxyl groups excluding tert-OH is 1. The minimum atomic E-state index is -0.742. The summed E-state index contributed by atoms with van der Waals surface area (Å²) >= 11 is 0.798. The van der Waals surface area contributed by atoms with Crippen LogP contribution in [0.15, 0.2) is 46.1 Å². The number of imide groups is 1. The zero-order valence-electron chi connectivity index (χ0n) is 19.8. The van der Waals surface area contributed by atoms with Crippen LogP contribution in [0.25, 0.3) is 17.1 Å². The number of para-hydroxylation sites is 1. The molecule has 5 N–H and O–H groups in total. The number of piperidine rings is 1. The molecule has 1 aromatic heterocycles. The Bertz CT molecular complexity index is 1410. The number of aromatic nitrogens is 2. The van der Waals surface area contributed by atoms with Gasteiger partial charge in [-0.15, -0.1) is 0 Å². The number of benzene rings is 2. The molecule has 0 aliphatic carbocycles. The second-order valence-electron chi connectivity index (χ2n) is 8.96. The van der Waals surface area contributed by atoms with Gasteiger partial charge < -0.3 is 30.0 Å². The molecule has 2 aliphatic rings. The largest absolute Gasteiger partial charge is 0.489 e. The summed E-state index contributed by atoms with van der Waals surface area (Å²) in [5.74, 6) is -0.367. The van der Waals surface area contributed by atoms with Crippen molar-refractivity contribution in [3.8, 4) is 5.75 Å². The molecule has 5 rings (SSSR count). The van der Waals surface area contributed by atoms with Crippen LogP contribution < -0.4 is 26.0 Å². The van der Waals surface area contributed by atoms with Gasteiger partial charge in [-0.3, -0.25) is 14.9 Å². The van der Waals surface area contributed by atoms with Gasteiger partial charge in [0.2, 0.25) is 0 Å². The van der Waals surface area contributed by atoms with Gasteiger partial charge in [0.25, 0.3) is 11.1 Å². The molecule has 194 valence electrons. The van der Waals surface area contributed by atoms with E-state index in [0.717, 1.165) is 24.6 Å². The number of H-pyrrole nitrogens is 2. The van der Waals surface area contributed by atoms with Gasteiger partial charge in [-0.1, -0.05) is 12.1 Å². The summed E-state index contributed by atoms with van der Waals surface area (Å²) in [5, 5.41) is 15.5. The number of halogens is 1. The van der Waals surface area contributed by atoms with Gasteiger partial charge in [-0.2, -0.15) is 0 Å². The van der Waals surface area contributed by atoms with Crippen LogP contribution in [0.3, 0.4) is 0 Å². The van der Waals surface area contributed by atoms with Gasteiger partial charge in [0.05, 0.1) is 16.1 Å². The Morgan fingerprint density at radius 2 is 2.00 bits per heavy atom. The van der Waals surface area contributed by atoms with Crippen LogP contribution in [0.1, 0.15) is 18.4 Å². The Morgan fingerprint density at radius 3 is 2.73 bits per heavy atom. The lowest BCUT2D eigenvalue weighted by atomic mass is 10.0. The third kappa shape index (κ3) is 5.87. The summed E-state index contributed by atoms with van der Waals surface area (Å²) < 4.78 is 20.5. The van der Waals surface area contributed by atoms with E-state index in [2.05, 4.69) is 20.6 Å². The normalized spacial score (nSPS) is 18.5. The Balaban J connectivity index is 1.09. The van der Waals surface area contributed by atoms with E-state index >= 15 is 0 Å². The molecule has 2 aliphatic heterocycles. The standard InChI is InChI=1S/C25H26FN5O5S/c26-17-10-14(11-21-23(33)30-25(35)37-21)4-5-19(17)31-8-6-15(7-9-31)27-12-16(32)13-36-20-3-1-2-18-22(20)29-24(34)28-18/h1-5,10-11,15-16,27,32H,6-9,12-13H2,(H2,28,29,34)(H,30,33,35)/b21-11-/t16-/m0/s1. The molecule has 3 aromatic rings. The van der Waals surface area contributed by atoms with E-state index in [1.165, 1.54) is 12.1 Å². The van der Waals surface area contributed by atoms with Crippen molar-refractivity contribution in [2.24, 2.45) is 0 Å². The first-order valence-corrected chi connectivity index (χ1v) is 12.7. The summed E-state index contributed by atoms with van der Waals surface area (Å²) in [7, 11) is 0. The number of amides is 2. The fourth-order valence-corrected chi connectivity index (χ4v) is 5.15. The molecule has 10 nitrogen and oxygen atoms in total. The van der Waals surface area contributed by atoms with Gasteiger partial charge in [0.1, 0.15) is 29.8 Å². The predicted molar refractivity (Wildman–Crippen MR) is 139 cm³/mol. The number of aromatic amines is 2. The third-order valence-corrected chi connectivity index (χ3v) is 7.14.